The molecule has 3 heteroatoms. The molecule has 0 aliphatic heterocycles. The number of rotatable bonds is 2. The van der Waals surface area contributed by atoms with Crippen LogP contribution in [0.1, 0.15) is 37.4 Å². The van der Waals surface area contributed by atoms with Crippen LogP contribution in [0.4, 0.5) is 0 Å². The fourth-order valence-electron chi connectivity index (χ4n) is 2.28. The third-order valence-corrected chi connectivity index (χ3v) is 3.28. The fourth-order valence-corrected chi connectivity index (χ4v) is 2.28. The minimum absolute atomic E-state index is 0.0266. The van der Waals surface area contributed by atoms with Crippen molar-refractivity contribution in [1.29, 1.82) is 0 Å². The molecule has 1 heterocycles. The summed E-state index contributed by atoms with van der Waals surface area (Å²) in [6.07, 6.45) is 5.46. The molecule has 0 amide bonds. The number of hydrogen-bond acceptors (Lipinski definition) is 3. The third-order valence-electron chi connectivity index (χ3n) is 3.28. The molecule has 0 saturated heterocycles. The van der Waals surface area contributed by atoms with Crippen molar-refractivity contribution >= 4 is 0 Å². The lowest BCUT2D eigenvalue weighted by Crippen LogP contribution is -2.28. The molecule has 0 bridgehead atoms. The van der Waals surface area contributed by atoms with E-state index in [9.17, 15) is 5.11 Å². The first-order valence-corrected chi connectivity index (χ1v) is 5.62. The van der Waals surface area contributed by atoms with Gasteiger partial charge in [-0.1, -0.05) is 6.07 Å². The van der Waals surface area contributed by atoms with Gasteiger partial charge in [-0.3, -0.25) is 4.98 Å². The van der Waals surface area contributed by atoms with Gasteiger partial charge in [0.25, 0.3) is 0 Å². The van der Waals surface area contributed by atoms with Crippen LogP contribution in [-0.4, -0.2) is 16.2 Å². The maximum absolute atomic E-state index is 9.42. The number of aliphatic hydroxyl groups is 1. The number of nitrogens with zero attached hydrogens (tertiary/aromatic N) is 1. The molecule has 0 aromatic carbocycles. The van der Waals surface area contributed by atoms with E-state index < -0.39 is 0 Å². The summed E-state index contributed by atoms with van der Waals surface area (Å²) in [5.74, 6) is 0.475. The van der Waals surface area contributed by atoms with Crippen molar-refractivity contribution in [3.63, 3.8) is 0 Å². The lowest BCUT2D eigenvalue weighted by atomic mass is 9.82. The Morgan fingerprint density at radius 1 is 1.27 bits per heavy atom. The van der Waals surface area contributed by atoms with E-state index in [0.29, 0.717) is 5.92 Å². The number of hydrogen-bond donors (Lipinski definition) is 2. The van der Waals surface area contributed by atoms with Crippen LogP contribution in [-0.2, 0) is 0 Å². The van der Waals surface area contributed by atoms with Crippen LogP contribution in [0.25, 0.3) is 0 Å². The van der Waals surface area contributed by atoms with Gasteiger partial charge in [-0.05, 0) is 43.7 Å². The minimum atomic E-state index is -0.114. The molecule has 1 atom stereocenters. The van der Waals surface area contributed by atoms with Gasteiger partial charge in [-0.15, -0.1) is 0 Å². The number of aromatic nitrogens is 1. The second kappa shape index (κ2) is 4.73. The first kappa shape index (κ1) is 10.6. The Morgan fingerprint density at radius 2 is 2.00 bits per heavy atom. The van der Waals surface area contributed by atoms with Gasteiger partial charge in [0, 0.05) is 12.2 Å². The van der Waals surface area contributed by atoms with Crippen LogP contribution >= 0.6 is 0 Å². The molecular formula is C12H18N2O. The summed E-state index contributed by atoms with van der Waals surface area (Å²) in [7, 11) is 0. The number of aliphatic hydroxyl groups excluding tert-OH is 1. The van der Waals surface area contributed by atoms with Crippen LogP contribution < -0.4 is 5.73 Å². The monoisotopic (exact) mass is 206 g/mol. The van der Waals surface area contributed by atoms with Gasteiger partial charge in [0.1, 0.15) is 0 Å². The van der Waals surface area contributed by atoms with Crippen molar-refractivity contribution in [2.24, 2.45) is 11.7 Å². The van der Waals surface area contributed by atoms with Crippen molar-refractivity contribution in [3.05, 3.63) is 30.1 Å². The highest BCUT2D eigenvalue weighted by Gasteiger charge is 2.25. The van der Waals surface area contributed by atoms with E-state index in [0.717, 1.165) is 31.4 Å². The summed E-state index contributed by atoms with van der Waals surface area (Å²) in [6, 6.07) is 5.88. The number of pyridine rings is 1. The molecule has 1 aromatic heterocycles. The molecule has 1 aliphatic carbocycles. The van der Waals surface area contributed by atoms with E-state index in [1.807, 2.05) is 18.2 Å². The average molecular weight is 206 g/mol. The van der Waals surface area contributed by atoms with Crippen LogP contribution in [0.3, 0.4) is 0 Å². The molecule has 1 aliphatic rings. The summed E-state index contributed by atoms with van der Waals surface area (Å²) in [5, 5.41) is 9.42. The molecule has 15 heavy (non-hydrogen) atoms. The van der Waals surface area contributed by atoms with Gasteiger partial charge < -0.3 is 10.8 Å². The lowest BCUT2D eigenvalue weighted by Gasteiger charge is -2.29. The molecule has 1 unspecified atom stereocenters. The molecule has 1 saturated carbocycles. The normalized spacial score (nSPS) is 28.7. The Hall–Kier alpha value is -0.930. The van der Waals surface area contributed by atoms with Crippen LogP contribution in [0.2, 0.25) is 0 Å². The van der Waals surface area contributed by atoms with Crippen LogP contribution in [0.15, 0.2) is 24.4 Å². The zero-order chi connectivity index (χ0) is 10.7. The second-order valence-electron chi connectivity index (χ2n) is 4.35. The van der Waals surface area contributed by atoms with E-state index in [1.165, 1.54) is 0 Å². The maximum atomic E-state index is 9.42. The predicted octanol–water partition coefficient (Wildman–Crippen LogP) is 1.63. The number of nitrogens with two attached hydrogens (primary N) is 1. The van der Waals surface area contributed by atoms with E-state index in [1.54, 1.807) is 6.20 Å². The quantitative estimate of drug-likeness (QED) is 0.773. The summed E-state index contributed by atoms with van der Waals surface area (Å²) in [6.45, 7) is 0. The first-order chi connectivity index (χ1) is 7.27. The molecule has 82 valence electrons. The lowest BCUT2D eigenvalue weighted by molar-refractivity contribution is 0.101. The molecule has 3 N–H and O–H groups in total. The SMILES string of the molecule is NC(c1ccccn1)C1CCC(O)CC1. The van der Waals surface area contributed by atoms with E-state index in [-0.39, 0.29) is 12.1 Å². The topological polar surface area (TPSA) is 59.1 Å². The Kier molecular flexibility index (Phi) is 3.34. The van der Waals surface area contributed by atoms with Gasteiger partial charge in [0.15, 0.2) is 0 Å². The van der Waals surface area contributed by atoms with Gasteiger partial charge in [0.05, 0.1) is 11.8 Å². The Labute approximate surface area is 90.3 Å². The molecule has 3 nitrogen and oxygen atoms in total. The summed E-state index contributed by atoms with van der Waals surface area (Å²) >= 11 is 0. The maximum Gasteiger partial charge on any atom is 0.0573 e. The second-order valence-corrected chi connectivity index (χ2v) is 4.35. The predicted molar refractivity (Wildman–Crippen MR) is 59.1 cm³/mol. The highest BCUT2D eigenvalue weighted by atomic mass is 16.3. The largest absolute Gasteiger partial charge is 0.393 e. The van der Waals surface area contributed by atoms with Gasteiger partial charge in [0.2, 0.25) is 0 Å². The van der Waals surface area contributed by atoms with E-state index >= 15 is 0 Å². The van der Waals surface area contributed by atoms with Crippen LogP contribution in [0, 0.1) is 5.92 Å². The molecular weight excluding hydrogens is 188 g/mol. The average Bonchev–Trinajstić information content (AvgIpc) is 2.30. The molecule has 0 spiro atoms. The highest BCUT2D eigenvalue weighted by molar-refractivity contribution is 5.09. The Morgan fingerprint density at radius 3 is 2.60 bits per heavy atom. The summed E-state index contributed by atoms with van der Waals surface area (Å²) in [5.41, 5.74) is 7.14. The Bertz CT molecular complexity index is 294. The van der Waals surface area contributed by atoms with Crippen molar-refractivity contribution in [2.75, 3.05) is 0 Å². The summed E-state index contributed by atoms with van der Waals surface area (Å²) in [4.78, 5) is 4.29. The van der Waals surface area contributed by atoms with Crippen molar-refractivity contribution < 1.29 is 5.11 Å². The summed E-state index contributed by atoms with van der Waals surface area (Å²) < 4.78 is 0. The highest BCUT2D eigenvalue weighted by Crippen LogP contribution is 2.32. The zero-order valence-electron chi connectivity index (χ0n) is 8.84. The zero-order valence-corrected chi connectivity index (χ0v) is 8.84. The Balaban J connectivity index is 1.99. The van der Waals surface area contributed by atoms with Crippen LogP contribution in [0.5, 0.6) is 0 Å². The van der Waals surface area contributed by atoms with E-state index in [2.05, 4.69) is 4.98 Å². The van der Waals surface area contributed by atoms with Gasteiger partial charge >= 0.3 is 0 Å². The van der Waals surface area contributed by atoms with E-state index in [4.69, 9.17) is 5.73 Å². The minimum Gasteiger partial charge on any atom is -0.393 e. The standard InChI is InChI=1S/C12H18N2O/c13-12(11-3-1-2-8-14-11)9-4-6-10(15)7-5-9/h1-3,8-10,12,15H,4-7,13H2. The van der Waals surface area contributed by atoms with Crippen molar-refractivity contribution in [2.45, 2.75) is 37.8 Å². The fraction of sp³-hybridized carbons (Fsp3) is 0.583. The third kappa shape index (κ3) is 2.55. The van der Waals surface area contributed by atoms with Gasteiger partial charge in [-0.2, -0.15) is 0 Å². The molecule has 1 fully saturated rings. The van der Waals surface area contributed by atoms with Gasteiger partial charge in [-0.25, -0.2) is 0 Å². The molecule has 1 aromatic rings. The van der Waals surface area contributed by atoms with Crippen molar-refractivity contribution in [3.8, 4) is 0 Å². The van der Waals surface area contributed by atoms with Crippen molar-refractivity contribution in [1.82, 2.24) is 4.98 Å². The molecule has 2 rings (SSSR count). The first-order valence-electron chi connectivity index (χ1n) is 5.62. The molecule has 0 radical (unpaired) electrons. The smallest absolute Gasteiger partial charge is 0.0573 e.